The summed E-state index contributed by atoms with van der Waals surface area (Å²) in [5.41, 5.74) is 3.88. The molecule has 0 radical (unpaired) electrons. The third kappa shape index (κ3) is 3.73. The molecule has 0 saturated heterocycles. The maximum atomic E-state index is 5.03. The fourth-order valence-electron chi connectivity index (χ4n) is 3.84. The van der Waals surface area contributed by atoms with Crippen LogP contribution in [0.15, 0.2) is 89.1 Å². The monoisotopic (exact) mass is 345 g/mol. The van der Waals surface area contributed by atoms with Crippen LogP contribution >= 0.6 is 0 Å². The number of nitrogens with zero attached hydrogens (tertiary/aromatic N) is 1. The Morgan fingerprint density at radius 2 is 2.08 bits per heavy atom. The average molecular weight is 345 g/mol. The predicted octanol–water partition coefficient (Wildman–Crippen LogP) is 4.47. The lowest BCUT2D eigenvalue weighted by molar-refractivity contribution is 0.343. The SMILES string of the molecule is C=CC1=CC=C(C2=NC(C3=CCCC=C3)NC(C3C=CC=CC3)N2)CC1. The number of hydrogen-bond donors (Lipinski definition) is 2. The molecule has 0 saturated carbocycles. The van der Waals surface area contributed by atoms with Crippen LogP contribution in [0, 0.1) is 5.92 Å². The Morgan fingerprint density at radius 3 is 2.77 bits per heavy atom. The highest BCUT2D eigenvalue weighted by Crippen LogP contribution is 2.25. The fourth-order valence-corrected chi connectivity index (χ4v) is 3.84. The molecule has 4 aliphatic rings. The topological polar surface area (TPSA) is 36.4 Å². The summed E-state index contributed by atoms with van der Waals surface area (Å²) in [6.07, 6.45) is 27.5. The van der Waals surface area contributed by atoms with Gasteiger partial charge >= 0.3 is 0 Å². The van der Waals surface area contributed by atoms with E-state index in [1.54, 1.807) is 0 Å². The first-order valence-corrected chi connectivity index (χ1v) is 9.66. The molecule has 3 unspecified atom stereocenters. The number of hydrogen-bond acceptors (Lipinski definition) is 3. The van der Waals surface area contributed by atoms with Gasteiger partial charge in [0, 0.05) is 5.92 Å². The smallest absolute Gasteiger partial charge is 0.129 e. The molecule has 0 spiro atoms. The first-order valence-electron chi connectivity index (χ1n) is 9.66. The summed E-state index contributed by atoms with van der Waals surface area (Å²) >= 11 is 0. The van der Waals surface area contributed by atoms with E-state index in [1.807, 2.05) is 6.08 Å². The van der Waals surface area contributed by atoms with Gasteiger partial charge in [-0.3, -0.25) is 5.32 Å². The normalized spacial score (nSPS) is 30.7. The van der Waals surface area contributed by atoms with Gasteiger partial charge in [-0.05, 0) is 48.8 Å². The summed E-state index contributed by atoms with van der Waals surface area (Å²) in [5.74, 6) is 1.48. The second-order valence-electron chi connectivity index (χ2n) is 7.20. The van der Waals surface area contributed by atoms with Crippen LogP contribution in [0.1, 0.15) is 32.1 Å². The molecule has 134 valence electrons. The molecule has 3 atom stereocenters. The highest BCUT2D eigenvalue weighted by atomic mass is 15.3. The van der Waals surface area contributed by atoms with E-state index in [0.717, 1.165) is 37.9 Å². The molecule has 26 heavy (non-hydrogen) atoms. The molecule has 1 heterocycles. The predicted molar refractivity (Wildman–Crippen MR) is 110 cm³/mol. The molecular formula is C23H27N3. The van der Waals surface area contributed by atoms with Gasteiger partial charge in [0.05, 0.1) is 6.17 Å². The number of amidine groups is 1. The summed E-state index contributed by atoms with van der Waals surface area (Å²) in [7, 11) is 0. The van der Waals surface area contributed by atoms with Crippen molar-refractivity contribution in [2.75, 3.05) is 0 Å². The van der Waals surface area contributed by atoms with Crippen molar-refractivity contribution in [3.05, 3.63) is 84.1 Å². The van der Waals surface area contributed by atoms with E-state index in [1.165, 1.54) is 16.7 Å². The first-order chi connectivity index (χ1) is 12.8. The van der Waals surface area contributed by atoms with Gasteiger partial charge in [0.2, 0.25) is 0 Å². The molecule has 0 aromatic rings. The van der Waals surface area contributed by atoms with Gasteiger partial charge in [0.25, 0.3) is 0 Å². The number of nitrogens with one attached hydrogen (secondary N) is 2. The van der Waals surface area contributed by atoms with Crippen LogP contribution < -0.4 is 10.6 Å². The van der Waals surface area contributed by atoms with Crippen molar-refractivity contribution >= 4 is 5.84 Å². The van der Waals surface area contributed by atoms with E-state index in [0.29, 0.717) is 5.92 Å². The largest absolute Gasteiger partial charge is 0.354 e. The van der Waals surface area contributed by atoms with Crippen molar-refractivity contribution in [2.24, 2.45) is 10.9 Å². The van der Waals surface area contributed by atoms with Crippen LogP contribution in [-0.2, 0) is 0 Å². The minimum absolute atomic E-state index is 0.0257. The van der Waals surface area contributed by atoms with E-state index in [2.05, 4.69) is 71.9 Å². The van der Waals surface area contributed by atoms with Crippen LogP contribution in [0.4, 0.5) is 0 Å². The molecule has 3 aliphatic carbocycles. The number of aliphatic imine (C=N–C) groups is 1. The highest BCUT2D eigenvalue weighted by Gasteiger charge is 2.30. The molecule has 0 fully saturated rings. The number of rotatable bonds is 4. The second-order valence-corrected chi connectivity index (χ2v) is 7.20. The first kappa shape index (κ1) is 17.0. The molecule has 2 N–H and O–H groups in total. The van der Waals surface area contributed by atoms with Gasteiger partial charge in [-0.15, -0.1) is 0 Å². The highest BCUT2D eigenvalue weighted by molar-refractivity contribution is 5.99. The summed E-state index contributed by atoms with van der Waals surface area (Å²) in [6.45, 7) is 3.89. The summed E-state index contributed by atoms with van der Waals surface area (Å²) in [6, 6.07) is 0. The van der Waals surface area contributed by atoms with Crippen molar-refractivity contribution in [2.45, 2.75) is 44.4 Å². The zero-order valence-corrected chi connectivity index (χ0v) is 15.2. The zero-order valence-electron chi connectivity index (χ0n) is 15.2. The van der Waals surface area contributed by atoms with Gasteiger partial charge in [-0.1, -0.05) is 67.3 Å². The molecule has 3 nitrogen and oxygen atoms in total. The third-order valence-corrected chi connectivity index (χ3v) is 5.42. The summed E-state index contributed by atoms with van der Waals surface area (Å²) < 4.78 is 0. The average Bonchev–Trinajstić information content (AvgIpc) is 2.75. The summed E-state index contributed by atoms with van der Waals surface area (Å²) in [5, 5.41) is 7.39. The standard InChI is InChI=1S/C23H27N3/c1-2-17-13-15-20(16-14-17)23-25-21(18-9-5-3-6-10-18)24-22(26-23)19-11-7-4-8-12-19/h2-3,5-7,9,11-13,15,18,21-22,24H,1,4,8,10,14,16H2,(H,25,26). The minimum atomic E-state index is 0.0257. The van der Waals surface area contributed by atoms with Crippen LogP contribution in [0.5, 0.6) is 0 Å². The van der Waals surface area contributed by atoms with E-state index in [9.17, 15) is 0 Å². The van der Waals surface area contributed by atoms with Gasteiger partial charge in [0.1, 0.15) is 12.0 Å². The van der Waals surface area contributed by atoms with E-state index in [4.69, 9.17) is 4.99 Å². The van der Waals surface area contributed by atoms with Crippen LogP contribution in [0.2, 0.25) is 0 Å². The Labute approximate surface area is 156 Å². The van der Waals surface area contributed by atoms with E-state index < -0.39 is 0 Å². The van der Waals surface area contributed by atoms with Gasteiger partial charge < -0.3 is 5.32 Å². The van der Waals surface area contributed by atoms with Crippen LogP contribution in [-0.4, -0.2) is 18.2 Å². The fraction of sp³-hybridized carbons (Fsp3) is 0.348. The molecule has 0 aromatic heterocycles. The third-order valence-electron chi connectivity index (χ3n) is 5.42. The quantitative estimate of drug-likeness (QED) is 0.788. The van der Waals surface area contributed by atoms with Crippen molar-refractivity contribution in [1.29, 1.82) is 0 Å². The van der Waals surface area contributed by atoms with Crippen molar-refractivity contribution in [3.8, 4) is 0 Å². The minimum Gasteiger partial charge on any atom is -0.354 e. The molecule has 1 aliphatic heterocycles. The second kappa shape index (κ2) is 7.88. The molecule has 3 heteroatoms. The maximum absolute atomic E-state index is 5.03. The molecule has 0 amide bonds. The van der Waals surface area contributed by atoms with Crippen molar-refractivity contribution in [1.82, 2.24) is 10.6 Å². The zero-order chi connectivity index (χ0) is 17.8. The molecule has 0 aromatic carbocycles. The lowest BCUT2D eigenvalue weighted by Gasteiger charge is -2.37. The lowest BCUT2D eigenvalue weighted by Crippen LogP contribution is -2.58. The van der Waals surface area contributed by atoms with Crippen molar-refractivity contribution < 1.29 is 0 Å². The Bertz CT molecular complexity index is 773. The summed E-state index contributed by atoms with van der Waals surface area (Å²) in [4.78, 5) is 5.03. The Morgan fingerprint density at radius 1 is 1.12 bits per heavy atom. The molecule has 4 rings (SSSR count). The maximum Gasteiger partial charge on any atom is 0.129 e. The van der Waals surface area contributed by atoms with Crippen LogP contribution in [0.25, 0.3) is 0 Å². The van der Waals surface area contributed by atoms with E-state index >= 15 is 0 Å². The number of allylic oxidation sites excluding steroid dienone is 9. The molecule has 0 bridgehead atoms. The Kier molecular flexibility index (Phi) is 5.16. The van der Waals surface area contributed by atoms with Crippen LogP contribution in [0.3, 0.4) is 0 Å². The van der Waals surface area contributed by atoms with Gasteiger partial charge in [-0.25, -0.2) is 4.99 Å². The lowest BCUT2D eigenvalue weighted by atomic mass is 9.93. The van der Waals surface area contributed by atoms with Crippen molar-refractivity contribution in [3.63, 3.8) is 0 Å². The Hall–Kier alpha value is -2.39. The van der Waals surface area contributed by atoms with Gasteiger partial charge in [-0.2, -0.15) is 0 Å². The molecular weight excluding hydrogens is 318 g/mol. The van der Waals surface area contributed by atoms with E-state index in [-0.39, 0.29) is 12.3 Å². The van der Waals surface area contributed by atoms with Gasteiger partial charge in [0.15, 0.2) is 0 Å². The Balaban J connectivity index is 1.62.